The first-order valence-corrected chi connectivity index (χ1v) is 15.1. The van der Waals surface area contributed by atoms with Crippen molar-refractivity contribution >= 4 is 11.7 Å². The number of unbranched alkanes of at least 4 members (excludes halogenated alkanes) is 4. The van der Waals surface area contributed by atoms with E-state index >= 15 is 0 Å². The maximum absolute atomic E-state index is 12.4. The standard InChI is InChI=1S/C31H53NO3/c1-21(2)20-32-28(35)11-9-7-5-6-8-10-22-18-23-19-24(33)14-16-30(23,3)26-15-17-31(4)25(29(22)26)12-13-27(31)34/h21-23,25-27,29,34H,5-20H2,1-4H3,(H,32,35)/t22-,23+,25+,26+,27+,29+,30+,31+/m1/s1. The third kappa shape index (κ3) is 5.68. The van der Waals surface area contributed by atoms with Crippen LogP contribution in [0.4, 0.5) is 0 Å². The van der Waals surface area contributed by atoms with Crippen LogP contribution in [0.15, 0.2) is 0 Å². The van der Waals surface area contributed by atoms with Crippen LogP contribution >= 0.6 is 0 Å². The van der Waals surface area contributed by atoms with E-state index in [9.17, 15) is 14.7 Å². The van der Waals surface area contributed by atoms with E-state index in [-0.39, 0.29) is 17.4 Å². The molecule has 0 aromatic carbocycles. The van der Waals surface area contributed by atoms with Crippen LogP contribution in [0.1, 0.15) is 124 Å². The van der Waals surface area contributed by atoms with Crippen molar-refractivity contribution in [2.24, 2.45) is 46.3 Å². The third-order valence-corrected chi connectivity index (χ3v) is 11.3. The first-order valence-electron chi connectivity index (χ1n) is 15.1. The van der Waals surface area contributed by atoms with Gasteiger partial charge in [0.05, 0.1) is 6.10 Å². The fourth-order valence-corrected chi connectivity index (χ4v) is 9.12. The molecule has 0 aromatic rings. The molecule has 0 aromatic heterocycles. The molecule has 4 nitrogen and oxygen atoms in total. The smallest absolute Gasteiger partial charge is 0.220 e. The number of carbonyl (C=O) groups is 2. The molecule has 0 spiro atoms. The maximum atomic E-state index is 12.4. The summed E-state index contributed by atoms with van der Waals surface area (Å²) >= 11 is 0. The minimum atomic E-state index is -0.120. The molecule has 35 heavy (non-hydrogen) atoms. The molecule has 0 aliphatic heterocycles. The van der Waals surface area contributed by atoms with Gasteiger partial charge in [0.15, 0.2) is 0 Å². The number of ketones is 1. The Kier molecular flexibility index (Phi) is 8.71. The molecule has 4 heteroatoms. The van der Waals surface area contributed by atoms with Gasteiger partial charge in [0, 0.05) is 25.8 Å². The van der Waals surface area contributed by atoms with Gasteiger partial charge in [0.25, 0.3) is 0 Å². The highest BCUT2D eigenvalue weighted by Crippen LogP contribution is 2.67. The molecule has 2 N–H and O–H groups in total. The number of amides is 1. The average Bonchev–Trinajstić information content (AvgIpc) is 3.12. The predicted molar refractivity (Wildman–Crippen MR) is 142 cm³/mol. The number of hydrogen-bond acceptors (Lipinski definition) is 3. The van der Waals surface area contributed by atoms with E-state index in [1.165, 1.54) is 51.4 Å². The molecule has 4 aliphatic carbocycles. The lowest BCUT2D eigenvalue weighted by atomic mass is 9.42. The van der Waals surface area contributed by atoms with Crippen molar-refractivity contribution < 1.29 is 14.7 Å². The van der Waals surface area contributed by atoms with Crippen molar-refractivity contribution in [2.75, 3.05) is 6.54 Å². The topological polar surface area (TPSA) is 66.4 Å². The van der Waals surface area contributed by atoms with Gasteiger partial charge in [0.1, 0.15) is 5.78 Å². The lowest BCUT2D eigenvalue weighted by molar-refractivity contribution is -0.156. The summed E-state index contributed by atoms with van der Waals surface area (Å²) in [7, 11) is 0. The van der Waals surface area contributed by atoms with E-state index in [0.717, 1.165) is 62.8 Å². The zero-order valence-electron chi connectivity index (χ0n) is 23.1. The zero-order chi connectivity index (χ0) is 25.2. The molecule has 4 saturated carbocycles. The fraction of sp³-hybridized carbons (Fsp3) is 0.935. The van der Waals surface area contributed by atoms with E-state index in [1.807, 2.05) is 0 Å². The molecule has 0 saturated heterocycles. The van der Waals surface area contributed by atoms with Crippen molar-refractivity contribution in [3.63, 3.8) is 0 Å². The fourth-order valence-electron chi connectivity index (χ4n) is 9.12. The van der Waals surface area contributed by atoms with E-state index in [2.05, 4.69) is 33.0 Å². The Hall–Kier alpha value is -0.900. The molecule has 4 aliphatic rings. The Morgan fingerprint density at radius 1 is 1.00 bits per heavy atom. The molecule has 8 atom stereocenters. The normalized spacial score (nSPS) is 40.8. The van der Waals surface area contributed by atoms with Crippen molar-refractivity contribution in [2.45, 2.75) is 130 Å². The number of hydrogen-bond donors (Lipinski definition) is 2. The first-order chi connectivity index (χ1) is 16.6. The van der Waals surface area contributed by atoms with Crippen LogP contribution in [-0.2, 0) is 9.59 Å². The number of aliphatic hydroxyl groups is 1. The summed E-state index contributed by atoms with van der Waals surface area (Å²) in [6.45, 7) is 9.96. The molecule has 1 amide bonds. The van der Waals surface area contributed by atoms with E-state index in [0.29, 0.717) is 35.4 Å². The molecule has 0 unspecified atom stereocenters. The number of carbonyl (C=O) groups excluding carboxylic acids is 2. The summed E-state index contributed by atoms with van der Waals surface area (Å²) in [5.74, 6) is 4.67. The van der Waals surface area contributed by atoms with E-state index in [4.69, 9.17) is 0 Å². The highest BCUT2D eigenvalue weighted by Gasteiger charge is 2.62. The monoisotopic (exact) mass is 487 g/mol. The summed E-state index contributed by atoms with van der Waals surface area (Å²) in [4.78, 5) is 24.4. The Bertz CT molecular complexity index is 750. The van der Waals surface area contributed by atoms with Gasteiger partial charge in [-0.1, -0.05) is 59.8 Å². The van der Waals surface area contributed by atoms with E-state index < -0.39 is 0 Å². The molecule has 0 radical (unpaired) electrons. The molecule has 0 bridgehead atoms. The van der Waals surface area contributed by atoms with Crippen LogP contribution in [0.3, 0.4) is 0 Å². The van der Waals surface area contributed by atoms with Gasteiger partial charge in [-0.15, -0.1) is 0 Å². The quantitative estimate of drug-likeness (QED) is 0.337. The van der Waals surface area contributed by atoms with Gasteiger partial charge in [-0.25, -0.2) is 0 Å². The molecular weight excluding hydrogens is 434 g/mol. The van der Waals surface area contributed by atoms with Gasteiger partial charge in [-0.2, -0.15) is 0 Å². The van der Waals surface area contributed by atoms with Gasteiger partial charge in [-0.3, -0.25) is 9.59 Å². The van der Waals surface area contributed by atoms with E-state index in [1.54, 1.807) is 0 Å². The lowest BCUT2D eigenvalue weighted by Crippen LogP contribution is -2.57. The highest BCUT2D eigenvalue weighted by molar-refractivity contribution is 5.79. The number of rotatable bonds is 10. The largest absolute Gasteiger partial charge is 0.393 e. The Labute approximate surface area is 214 Å². The lowest BCUT2D eigenvalue weighted by Gasteiger charge is -2.62. The minimum Gasteiger partial charge on any atom is -0.393 e. The second-order valence-corrected chi connectivity index (χ2v) is 13.9. The highest BCUT2D eigenvalue weighted by atomic mass is 16.3. The van der Waals surface area contributed by atoms with Crippen molar-refractivity contribution in [1.29, 1.82) is 0 Å². The number of nitrogens with one attached hydrogen (secondary N) is 1. The maximum Gasteiger partial charge on any atom is 0.220 e. The molecule has 0 heterocycles. The summed E-state index contributed by atoms with van der Waals surface area (Å²) in [5.41, 5.74) is 0.448. The minimum absolute atomic E-state index is 0.114. The van der Waals surface area contributed by atoms with Crippen molar-refractivity contribution in [3.05, 3.63) is 0 Å². The molecule has 4 fully saturated rings. The Morgan fingerprint density at radius 3 is 2.49 bits per heavy atom. The third-order valence-electron chi connectivity index (χ3n) is 11.3. The van der Waals surface area contributed by atoms with Gasteiger partial charge in [0.2, 0.25) is 5.91 Å². The Balaban J connectivity index is 1.31. The van der Waals surface area contributed by atoms with Crippen LogP contribution in [-0.4, -0.2) is 29.4 Å². The first kappa shape index (κ1) is 27.1. The zero-order valence-corrected chi connectivity index (χ0v) is 23.1. The number of aliphatic hydroxyl groups excluding tert-OH is 1. The predicted octanol–water partition coefficient (Wildman–Crippen LogP) is 6.69. The van der Waals surface area contributed by atoms with Crippen LogP contribution < -0.4 is 5.32 Å². The van der Waals surface area contributed by atoms with Crippen molar-refractivity contribution in [3.8, 4) is 0 Å². The van der Waals surface area contributed by atoms with Gasteiger partial charge >= 0.3 is 0 Å². The summed E-state index contributed by atoms with van der Waals surface area (Å²) < 4.78 is 0. The average molecular weight is 488 g/mol. The number of fused-ring (bicyclic) bond motifs is 5. The van der Waals surface area contributed by atoms with Gasteiger partial charge in [-0.05, 0) is 91.3 Å². The summed E-state index contributed by atoms with van der Waals surface area (Å²) in [5, 5.41) is 13.9. The molecular formula is C31H53NO3. The SMILES string of the molecule is CC(C)CNC(=O)CCCCCCC[C@@H]1C[C@H]2CC(=O)CC[C@]2(C)[C@H]2CC[C@]3(C)[C@@H](O)CC[C@H]3[C@H]12. The van der Waals surface area contributed by atoms with Crippen LogP contribution in [0, 0.1) is 46.3 Å². The van der Waals surface area contributed by atoms with Crippen LogP contribution in [0.25, 0.3) is 0 Å². The second kappa shape index (κ2) is 11.2. The second-order valence-electron chi connectivity index (χ2n) is 13.9. The van der Waals surface area contributed by atoms with Gasteiger partial charge < -0.3 is 10.4 Å². The summed E-state index contributed by atoms with van der Waals surface area (Å²) in [6, 6.07) is 0. The number of Topliss-reactive ketones (excluding diaryl/α,β-unsaturated/α-hetero) is 1. The molecule has 4 rings (SSSR count). The molecule has 200 valence electrons. The Morgan fingerprint density at radius 2 is 1.71 bits per heavy atom. The van der Waals surface area contributed by atoms with Crippen molar-refractivity contribution in [1.82, 2.24) is 5.32 Å². The van der Waals surface area contributed by atoms with Crippen LogP contribution in [0.5, 0.6) is 0 Å². The van der Waals surface area contributed by atoms with Crippen LogP contribution in [0.2, 0.25) is 0 Å². The summed E-state index contributed by atoms with van der Waals surface area (Å²) in [6.07, 6.45) is 16.3.